The van der Waals surface area contributed by atoms with Crippen LogP contribution in [0, 0.1) is 0 Å². The first kappa shape index (κ1) is 17.4. The largest absolute Gasteiger partial charge is 0.350 e. The molecular weight excluding hydrogens is 354 g/mol. The van der Waals surface area contributed by atoms with Crippen molar-refractivity contribution < 1.29 is 9.00 Å². The summed E-state index contributed by atoms with van der Waals surface area (Å²) in [5.74, 6) is 0.533. The summed E-state index contributed by atoms with van der Waals surface area (Å²) in [6.07, 6.45) is 5.59. The summed E-state index contributed by atoms with van der Waals surface area (Å²) >= 11 is 0. The highest BCUT2D eigenvalue weighted by Crippen LogP contribution is 2.31. The average Bonchev–Trinajstić information content (AvgIpc) is 3.17. The first-order chi connectivity index (χ1) is 12.5. The summed E-state index contributed by atoms with van der Waals surface area (Å²) in [4.78, 5) is 24.5. The minimum Gasteiger partial charge on any atom is -0.310 e. The van der Waals surface area contributed by atoms with Crippen molar-refractivity contribution in [2.45, 2.75) is 44.2 Å². The van der Waals surface area contributed by atoms with Crippen molar-refractivity contribution in [3.05, 3.63) is 34.9 Å². The number of aromatic nitrogens is 3. The highest BCUT2D eigenvalue weighted by molar-refractivity contribution is 7.94. The maximum Gasteiger partial charge on any atom is 0.350 e. The third-order valence-corrected chi connectivity index (χ3v) is 7.71. The van der Waals surface area contributed by atoms with Crippen molar-refractivity contribution in [3.63, 3.8) is 0 Å². The fraction of sp³-hybridized carbons (Fsp3) is 0.588. The minimum atomic E-state index is -2.52. The van der Waals surface area contributed by atoms with Crippen molar-refractivity contribution in [1.82, 2.24) is 19.5 Å². The normalized spacial score (nSPS) is 28.6. The monoisotopic (exact) mass is 377 g/mol. The molecular formula is C17H23N5O3S. The number of carbonyl (C=O) groups is 1. The summed E-state index contributed by atoms with van der Waals surface area (Å²) in [6, 6.07) is 5.28. The number of hydrogen-bond donors (Lipinski definition) is 1. The van der Waals surface area contributed by atoms with E-state index in [1.54, 1.807) is 24.4 Å². The molecule has 4 rings (SSSR count). The number of hydrogen-bond acceptors (Lipinski definition) is 5. The summed E-state index contributed by atoms with van der Waals surface area (Å²) < 4.78 is 19.9. The molecule has 4 heterocycles. The van der Waals surface area contributed by atoms with Gasteiger partial charge in [-0.2, -0.15) is 4.36 Å². The van der Waals surface area contributed by atoms with Crippen LogP contribution in [0.2, 0.25) is 0 Å². The number of amides is 1. The molecule has 1 N–H and O–H groups in total. The predicted octanol–water partition coefficient (Wildman–Crippen LogP) is 0.797. The number of nitrogens with one attached hydrogen (secondary N) is 1. The Morgan fingerprint density at radius 2 is 2.19 bits per heavy atom. The van der Waals surface area contributed by atoms with Crippen LogP contribution in [0.4, 0.5) is 0 Å². The molecule has 1 amide bonds. The van der Waals surface area contributed by atoms with Crippen LogP contribution in [0.15, 0.2) is 33.6 Å². The lowest BCUT2D eigenvalue weighted by Gasteiger charge is -2.35. The van der Waals surface area contributed by atoms with Gasteiger partial charge < -0.3 is 5.32 Å². The second-order valence-electron chi connectivity index (χ2n) is 7.20. The van der Waals surface area contributed by atoms with Gasteiger partial charge in [0.05, 0.1) is 22.0 Å². The quantitative estimate of drug-likeness (QED) is 0.853. The number of aryl methyl sites for hydroxylation is 1. The molecule has 0 aliphatic carbocycles. The SMILES string of the molecule is O=C(CCn1nc2ccccn2c1=O)N=S1(=O)CCCC2(CCCN2)C1. The van der Waals surface area contributed by atoms with Crippen molar-refractivity contribution in [2.75, 3.05) is 18.1 Å². The molecule has 2 aromatic rings. The molecule has 2 fully saturated rings. The second kappa shape index (κ2) is 6.62. The molecule has 140 valence electrons. The summed E-state index contributed by atoms with van der Waals surface area (Å²) in [5, 5.41) is 7.67. The Labute approximate surface area is 151 Å². The van der Waals surface area contributed by atoms with Crippen LogP contribution >= 0.6 is 0 Å². The maximum absolute atomic E-state index is 13.1. The third-order valence-electron chi connectivity index (χ3n) is 5.25. The maximum atomic E-state index is 13.1. The Morgan fingerprint density at radius 3 is 2.96 bits per heavy atom. The van der Waals surface area contributed by atoms with E-state index in [0.717, 1.165) is 32.2 Å². The first-order valence-electron chi connectivity index (χ1n) is 9.03. The number of rotatable bonds is 3. The van der Waals surface area contributed by atoms with Crippen LogP contribution < -0.4 is 11.0 Å². The van der Waals surface area contributed by atoms with Gasteiger partial charge in [0.2, 0.25) is 0 Å². The van der Waals surface area contributed by atoms with Crippen LogP contribution in [0.3, 0.4) is 0 Å². The molecule has 9 heteroatoms. The summed E-state index contributed by atoms with van der Waals surface area (Å²) in [7, 11) is -2.52. The fourth-order valence-electron chi connectivity index (χ4n) is 4.04. The van der Waals surface area contributed by atoms with Crippen molar-refractivity contribution >= 4 is 21.3 Å². The highest BCUT2D eigenvalue weighted by atomic mass is 32.2. The lowest BCUT2D eigenvalue weighted by atomic mass is 9.94. The molecule has 2 aliphatic rings. The lowest BCUT2D eigenvalue weighted by molar-refractivity contribution is -0.117. The second-order valence-corrected chi connectivity index (χ2v) is 9.63. The number of pyridine rings is 1. The predicted molar refractivity (Wildman–Crippen MR) is 98.6 cm³/mol. The average molecular weight is 377 g/mol. The van der Waals surface area contributed by atoms with Crippen LogP contribution in [-0.4, -0.2) is 47.9 Å². The van der Waals surface area contributed by atoms with E-state index in [0.29, 0.717) is 17.2 Å². The Bertz CT molecular complexity index is 1010. The number of fused-ring (bicyclic) bond motifs is 1. The van der Waals surface area contributed by atoms with Gasteiger partial charge in [0.1, 0.15) is 0 Å². The molecule has 2 saturated heterocycles. The highest BCUT2D eigenvalue weighted by Gasteiger charge is 2.40. The van der Waals surface area contributed by atoms with Crippen molar-refractivity contribution in [2.24, 2.45) is 4.36 Å². The van der Waals surface area contributed by atoms with E-state index in [2.05, 4.69) is 14.8 Å². The topological polar surface area (TPSA) is 97.8 Å². The zero-order chi connectivity index (χ0) is 18.2. The Kier molecular flexibility index (Phi) is 4.44. The van der Waals surface area contributed by atoms with Gasteiger partial charge in [0.25, 0.3) is 5.91 Å². The minimum absolute atomic E-state index is 0.0290. The molecule has 2 unspecified atom stereocenters. The number of nitrogens with zero attached hydrogens (tertiary/aromatic N) is 4. The van der Waals surface area contributed by atoms with Crippen molar-refractivity contribution in [3.8, 4) is 0 Å². The van der Waals surface area contributed by atoms with Crippen molar-refractivity contribution in [1.29, 1.82) is 0 Å². The van der Waals surface area contributed by atoms with Gasteiger partial charge >= 0.3 is 5.69 Å². The standard InChI is InChI=1S/C17H23N5O3S/c23-15(6-11-22-16(24)21-10-2-1-5-14(21)19-22)20-26(25)12-4-8-17(13-26)7-3-9-18-17/h1-2,5,10,18H,3-4,6-9,11-13H2. The summed E-state index contributed by atoms with van der Waals surface area (Å²) in [6.45, 7) is 1.09. The lowest BCUT2D eigenvalue weighted by Crippen LogP contribution is -2.49. The zero-order valence-corrected chi connectivity index (χ0v) is 15.4. The molecule has 1 spiro atoms. The van der Waals surface area contributed by atoms with E-state index >= 15 is 0 Å². The molecule has 0 saturated carbocycles. The fourth-order valence-corrected chi connectivity index (χ4v) is 6.65. The van der Waals surface area contributed by atoms with E-state index in [4.69, 9.17) is 0 Å². The van der Waals surface area contributed by atoms with E-state index in [1.165, 1.54) is 9.08 Å². The number of carbonyl (C=O) groups excluding carboxylic acids is 1. The Balaban J connectivity index is 1.47. The van der Waals surface area contributed by atoms with Gasteiger partial charge in [0, 0.05) is 23.9 Å². The summed E-state index contributed by atoms with van der Waals surface area (Å²) in [5.41, 5.74) is 0.149. The Hall–Kier alpha value is -2.00. The van der Waals surface area contributed by atoms with Crippen LogP contribution in [0.25, 0.3) is 5.65 Å². The smallest absolute Gasteiger partial charge is 0.310 e. The molecule has 0 bridgehead atoms. The van der Waals surface area contributed by atoms with Gasteiger partial charge in [-0.3, -0.25) is 9.20 Å². The molecule has 0 radical (unpaired) electrons. The van der Waals surface area contributed by atoms with Gasteiger partial charge in [0.15, 0.2) is 5.65 Å². The van der Waals surface area contributed by atoms with Crippen LogP contribution in [-0.2, 0) is 21.1 Å². The van der Waals surface area contributed by atoms with E-state index < -0.39 is 15.6 Å². The van der Waals surface area contributed by atoms with Gasteiger partial charge in [-0.25, -0.2) is 13.7 Å². The third kappa shape index (κ3) is 3.33. The van der Waals surface area contributed by atoms with Gasteiger partial charge in [-0.05, 0) is 44.4 Å². The van der Waals surface area contributed by atoms with E-state index in [9.17, 15) is 13.8 Å². The molecule has 26 heavy (non-hydrogen) atoms. The Morgan fingerprint density at radius 1 is 1.35 bits per heavy atom. The van der Waals surface area contributed by atoms with Crippen LogP contribution in [0.5, 0.6) is 0 Å². The zero-order valence-electron chi connectivity index (χ0n) is 14.6. The molecule has 2 aromatic heterocycles. The molecule has 2 atom stereocenters. The molecule has 2 aliphatic heterocycles. The van der Waals surface area contributed by atoms with Crippen LogP contribution in [0.1, 0.15) is 32.1 Å². The molecule has 0 aromatic carbocycles. The first-order valence-corrected chi connectivity index (χ1v) is 10.9. The van der Waals surface area contributed by atoms with E-state index in [1.807, 2.05) is 0 Å². The van der Waals surface area contributed by atoms with Gasteiger partial charge in [-0.1, -0.05) is 6.07 Å². The van der Waals surface area contributed by atoms with E-state index in [-0.39, 0.29) is 24.2 Å². The molecule has 8 nitrogen and oxygen atoms in total. The van der Waals surface area contributed by atoms with Gasteiger partial charge in [-0.15, -0.1) is 5.10 Å².